The number of likely N-dealkylation sites (tertiary alicyclic amines) is 1. The van der Waals surface area contributed by atoms with E-state index in [1.165, 1.54) is 24.5 Å². The number of aromatic amines is 1. The molecule has 5 rings (SSSR count). The van der Waals surface area contributed by atoms with Crippen molar-refractivity contribution in [3.8, 4) is 11.5 Å². The SMILES string of the molecule is CCOc1cc(CN2CCC(n3c(=O)[nH]c4cc(C(=O)O)ccc43)CC2)ccc1OC1CCCC1. The number of fused-ring (bicyclic) bond motifs is 1. The Kier molecular flexibility index (Phi) is 6.81. The van der Waals surface area contributed by atoms with E-state index in [9.17, 15) is 14.7 Å². The van der Waals surface area contributed by atoms with Gasteiger partial charge >= 0.3 is 11.7 Å². The molecule has 1 aliphatic carbocycles. The predicted octanol–water partition coefficient (Wildman–Crippen LogP) is 4.59. The van der Waals surface area contributed by atoms with E-state index < -0.39 is 5.97 Å². The number of nitrogens with zero attached hydrogens (tertiary/aromatic N) is 2. The Bertz CT molecular complexity index is 1250. The maximum absolute atomic E-state index is 12.7. The highest BCUT2D eigenvalue weighted by molar-refractivity contribution is 5.92. The van der Waals surface area contributed by atoms with Crippen molar-refractivity contribution >= 4 is 17.0 Å². The van der Waals surface area contributed by atoms with Crippen molar-refractivity contribution in [2.24, 2.45) is 0 Å². The Morgan fingerprint density at radius 3 is 2.54 bits per heavy atom. The Morgan fingerprint density at radius 1 is 1.06 bits per heavy atom. The third-order valence-corrected chi connectivity index (χ3v) is 7.20. The minimum atomic E-state index is -1.00. The fraction of sp³-hybridized carbons (Fsp3) is 0.481. The van der Waals surface area contributed by atoms with Gasteiger partial charge in [0.25, 0.3) is 0 Å². The number of rotatable bonds is 8. The summed E-state index contributed by atoms with van der Waals surface area (Å²) in [5, 5.41) is 9.23. The molecule has 2 N–H and O–H groups in total. The lowest BCUT2D eigenvalue weighted by molar-refractivity contribution is 0.0697. The third kappa shape index (κ3) is 5.07. The zero-order valence-corrected chi connectivity index (χ0v) is 20.2. The van der Waals surface area contributed by atoms with E-state index in [1.54, 1.807) is 16.7 Å². The number of carbonyl (C=O) groups is 1. The van der Waals surface area contributed by atoms with Crippen molar-refractivity contribution in [2.75, 3.05) is 19.7 Å². The average Bonchev–Trinajstić information content (AvgIpc) is 3.47. The van der Waals surface area contributed by atoms with E-state index in [4.69, 9.17) is 9.47 Å². The van der Waals surface area contributed by atoms with E-state index in [-0.39, 0.29) is 17.3 Å². The summed E-state index contributed by atoms with van der Waals surface area (Å²) in [4.78, 5) is 29.2. The fourth-order valence-electron chi connectivity index (χ4n) is 5.42. The molecule has 2 fully saturated rings. The van der Waals surface area contributed by atoms with Crippen LogP contribution in [0, 0.1) is 0 Å². The van der Waals surface area contributed by atoms with E-state index in [2.05, 4.69) is 22.0 Å². The molecule has 1 saturated carbocycles. The average molecular weight is 480 g/mol. The van der Waals surface area contributed by atoms with Crippen LogP contribution in [0.25, 0.3) is 11.0 Å². The second kappa shape index (κ2) is 10.2. The van der Waals surface area contributed by atoms with Crippen LogP contribution in [0.2, 0.25) is 0 Å². The van der Waals surface area contributed by atoms with Crippen LogP contribution in [-0.2, 0) is 6.54 Å². The number of imidazole rings is 1. The Balaban J connectivity index is 1.24. The van der Waals surface area contributed by atoms with Crippen molar-refractivity contribution in [3.05, 3.63) is 58.0 Å². The van der Waals surface area contributed by atoms with E-state index in [1.807, 2.05) is 13.0 Å². The maximum Gasteiger partial charge on any atom is 0.335 e. The second-order valence-electron chi connectivity index (χ2n) is 9.58. The molecule has 1 aromatic heterocycles. The number of nitrogens with one attached hydrogen (secondary N) is 1. The molecule has 0 radical (unpaired) electrons. The molecule has 2 heterocycles. The first-order valence-electron chi connectivity index (χ1n) is 12.6. The lowest BCUT2D eigenvalue weighted by atomic mass is 10.0. The van der Waals surface area contributed by atoms with E-state index in [0.717, 1.165) is 62.3 Å². The van der Waals surface area contributed by atoms with Gasteiger partial charge in [-0.05, 0) is 81.3 Å². The minimum absolute atomic E-state index is 0.0874. The van der Waals surface area contributed by atoms with Crippen LogP contribution < -0.4 is 15.2 Å². The van der Waals surface area contributed by atoms with Crippen LogP contribution >= 0.6 is 0 Å². The summed E-state index contributed by atoms with van der Waals surface area (Å²) in [5.74, 6) is 0.656. The number of benzene rings is 2. The molecule has 2 aromatic carbocycles. The molecule has 35 heavy (non-hydrogen) atoms. The summed E-state index contributed by atoms with van der Waals surface area (Å²) in [6, 6.07) is 11.2. The molecule has 0 spiro atoms. The van der Waals surface area contributed by atoms with Crippen LogP contribution in [0.4, 0.5) is 0 Å². The minimum Gasteiger partial charge on any atom is -0.490 e. The Morgan fingerprint density at radius 2 is 1.83 bits per heavy atom. The normalized spacial score (nSPS) is 17.7. The van der Waals surface area contributed by atoms with Gasteiger partial charge in [-0.3, -0.25) is 9.47 Å². The molecule has 0 unspecified atom stereocenters. The number of aromatic carboxylic acids is 1. The predicted molar refractivity (Wildman–Crippen MR) is 134 cm³/mol. The first-order chi connectivity index (χ1) is 17.0. The molecule has 1 saturated heterocycles. The largest absolute Gasteiger partial charge is 0.490 e. The molecule has 0 bridgehead atoms. The number of hydrogen-bond acceptors (Lipinski definition) is 5. The van der Waals surface area contributed by atoms with Crippen molar-refractivity contribution in [3.63, 3.8) is 0 Å². The van der Waals surface area contributed by atoms with Gasteiger partial charge in [0.2, 0.25) is 0 Å². The van der Waals surface area contributed by atoms with Crippen molar-refractivity contribution in [1.29, 1.82) is 0 Å². The molecule has 0 amide bonds. The van der Waals surface area contributed by atoms with Gasteiger partial charge < -0.3 is 19.6 Å². The van der Waals surface area contributed by atoms with Gasteiger partial charge in [0.1, 0.15) is 0 Å². The number of hydrogen-bond donors (Lipinski definition) is 2. The quantitative estimate of drug-likeness (QED) is 0.491. The standard InChI is InChI=1S/C27H33N3O5/c1-2-34-25-15-18(7-10-24(25)35-21-5-3-4-6-21)17-29-13-11-20(12-14-29)30-23-9-8-19(26(31)32)16-22(23)28-27(30)33/h7-10,15-16,20-21H,2-6,11-14,17H2,1H3,(H,28,33)(H,31,32). The lowest BCUT2D eigenvalue weighted by Crippen LogP contribution is -2.36. The van der Waals surface area contributed by atoms with Gasteiger partial charge in [0, 0.05) is 25.7 Å². The molecule has 1 aliphatic heterocycles. The third-order valence-electron chi connectivity index (χ3n) is 7.20. The number of H-pyrrole nitrogens is 1. The summed E-state index contributed by atoms with van der Waals surface area (Å²) in [6.45, 7) is 5.17. The number of aromatic nitrogens is 2. The highest BCUT2D eigenvalue weighted by Gasteiger charge is 2.25. The van der Waals surface area contributed by atoms with Crippen LogP contribution in [0.3, 0.4) is 0 Å². The smallest absolute Gasteiger partial charge is 0.335 e. The van der Waals surface area contributed by atoms with Gasteiger partial charge in [-0.1, -0.05) is 6.07 Å². The first kappa shape index (κ1) is 23.5. The lowest BCUT2D eigenvalue weighted by Gasteiger charge is -2.32. The molecule has 186 valence electrons. The van der Waals surface area contributed by atoms with Crippen molar-refractivity contribution in [2.45, 2.75) is 64.1 Å². The molecule has 8 nitrogen and oxygen atoms in total. The fourth-order valence-corrected chi connectivity index (χ4v) is 5.42. The second-order valence-corrected chi connectivity index (χ2v) is 9.58. The summed E-state index contributed by atoms with van der Waals surface area (Å²) < 4.78 is 13.9. The summed E-state index contributed by atoms with van der Waals surface area (Å²) in [7, 11) is 0. The zero-order valence-electron chi connectivity index (χ0n) is 20.2. The van der Waals surface area contributed by atoms with Crippen LogP contribution in [0.1, 0.15) is 67.4 Å². The summed E-state index contributed by atoms with van der Waals surface area (Å²) in [5.41, 5.74) is 2.52. The summed E-state index contributed by atoms with van der Waals surface area (Å²) >= 11 is 0. The van der Waals surface area contributed by atoms with Gasteiger partial charge in [0.15, 0.2) is 11.5 Å². The zero-order chi connectivity index (χ0) is 24.4. The van der Waals surface area contributed by atoms with Crippen LogP contribution in [-0.4, -0.2) is 51.3 Å². The highest BCUT2D eigenvalue weighted by atomic mass is 16.5. The summed E-state index contributed by atoms with van der Waals surface area (Å²) in [6.07, 6.45) is 6.70. The number of carboxylic acid groups (broad SMARTS) is 1. The van der Waals surface area contributed by atoms with E-state index in [0.29, 0.717) is 18.2 Å². The van der Waals surface area contributed by atoms with Crippen LogP contribution in [0.5, 0.6) is 11.5 Å². The topological polar surface area (TPSA) is 96.8 Å². The van der Waals surface area contributed by atoms with Gasteiger partial charge in [-0.15, -0.1) is 0 Å². The Hall–Kier alpha value is -3.26. The van der Waals surface area contributed by atoms with Gasteiger partial charge in [-0.25, -0.2) is 9.59 Å². The van der Waals surface area contributed by atoms with Crippen molar-refractivity contribution in [1.82, 2.24) is 14.5 Å². The highest BCUT2D eigenvalue weighted by Crippen LogP contribution is 2.33. The first-order valence-corrected chi connectivity index (χ1v) is 12.6. The molecular weight excluding hydrogens is 446 g/mol. The maximum atomic E-state index is 12.7. The molecule has 0 atom stereocenters. The number of carboxylic acids is 1. The van der Waals surface area contributed by atoms with E-state index >= 15 is 0 Å². The Labute approximate surface area is 204 Å². The number of ether oxygens (including phenoxy) is 2. The number of piperidine rings is 1. The monoisotopic (exact) mass is 479 g/mol. The van der Waals surface area contributed by atoms with Gasteiger partial charge in [0.05, 0.1) is 29.3 Å². The molecule has 3 aromatic rings. The molecule has 2 aliphatic rings. The van der Waals surface area contributed by atoms with Crippen molar-refractivity contribution < 1.29 is 19.4 Å². The van der Waals surface area contributed by atoms with Crippen LogP contribution in [0.15, 0.2) is 41.2 Å². The molecule has 8 heteroatoms. The van der Waals surface area contributed by atoms with Gasteiger partial charge in [-0.2, -0.15) is 0 Å². The molecular formula is C27H33N3O5.